The van der Waals surface area contributed by atoms with Gasteiger partial charge < -0.3 is 14.5 Å². The molecule has 0 atom stereocenters. The van der Waals surface area contributed by atoms with E-state index >= 15 is 0 Å². The van der Waals surface area contributed by atoms with Gasteiger partial charge in [0.1, 0.15) is 0 Å². The zero-order chi connectivity index (χ0) is 19.2. The standard InChI is InChI=1S/C22H22N4O2/c27-22(25-13-15-28-16-14-25)20-11-12-21(24-23-20)26(19-9-5-2-6-10-19)17-18-7-3-1-4-8-18/h1-12H,13-17H2. The van der Waals surface area contributed by atoms with E-state index in [1.807, 2.05) is 54.6 Å². The number of amides is 1. The van der Waals surface area contributed by atoms with Crippen molar-refractivity contribution < 1.29 is 9.53 Å². The Morgan fingerprint density at radius 2 is 1.57 bits per heavy atom. The second kappa shape index (κ2) is 8.63. The van der Waals surface area contributed by atoms with Crippen molar-refractivity contribution in [3.05, 3.63) is 84.1 Å². The zero-order valence-corrected chi connectivity index (χ0v) is 15.6. The number of benzene rings is 2. The molecule has 1 aliphatic rings. The smallest absolute Gasteiger partial charge is 0.274 e. The van der Waals surface area contributed by atoms with Crippen LogP contribution < -0.4 is 4.90 Å². The van der Waals surface area contributed by atoms with Crippen LogP contribution in [0, 0.1) is 0 Å². The maximum absolute atomic E-state index is 12.6. The Bertz CT molecular complexity index is 895. The molecule has 1 saturated heterocycles. The first-order chi connectivity index (χ1) is 13.8. The van der Waals surface area contributed by atoms with E-state index in [0.29, 0.717) is 44.4 Å². The topological polar surface area (TPSA) is 58.6 Å². The number of ether oxygens (including phenoxy) is 1. The summed E-state index contributed by atoms with van der Waals surface area (Å²) in [6, 6.07) is 23.9. The first kappa shape index (κ1) is 18.1. The molecule has 1 aromatic heterocycles. The normalized spacial score (nSPS) is 13.9. The lowest BCUT2D eigenvalue weighted by Crippen LogP contribution is -2.41. The van der Waals surface area contributed by atoms with Gasteiger partial charge in [0.25, 0.3) is 5.91 Å². The Kier molecular flexibility index (Phi) is 5.58. The number of carbonyl (C=O) groups excluding carboxylic acids is 1. The lowest BCUT2D eigenvalue weighted by atomic mass is 10.2. The number of rotatable bonds is 5. The average Bonchev–Trinajstić information content (AvgIpc) is 2.79. The summed E-state index contributed by atoms with van der Waals surface area (Å²) < 4.78 is 5.31. The van der Waals surface area contributed by atoms with Gasteiger partial charge in [0.2, 0.25) is 0 Å². The fourth-order valence-corrected chi connectivity index (χ4v) is 3.19. The third kappa shape index (κ3) is 4.18. The Hall–Kier alpha value is -3.25. The van der Waals surface area contributed by atoms with Crippen molar-refractivity contribution in [2.45, 2.75) is 6.54 Å². The Morgan fingerprint density at radius 1 is 0.893 bits per heavy atom. The van der Waals surface area contributed by atoms with Gasteiger partial charge in [0.15, 0.2) is 11.5 Å². The van der Waals surface area contributed by atoms with Gasteiger partial charge in [-0.05, 0) is 29.8 Å². The van der Waals surface area contributed by atoms with Crippen LogP contribution in [0.25, 0.3) is 0 Å². The van der Waals surface area contributed by atoms with Crippen molar-refractivity contribution in [3.63, 3.8) is 0 Å². The van der Waals surface area contributed by atoms with Crippen molar-refractivity contribution in [1.82, 2.24) is 15.1 Å². The molecule has 0 aliphatic carbocycles. The summed E-state index contributed by atoms with van der Waals surface area (Å²) in [4.78, 5) is 16.4. The molecule has 1 fully saturated rings. The summed E-state index contributed by atoms with van der Waals surface area (Å²) in [5.74, 6) is 0.602. The molecule has 1 amide bonds. The fraction of sp³-hybridized carbons (Fsp3) is 0.227. The minimum atomic E-state index is -0.100. The van der Waals surface area contributed by atoms with Crippen molar-refractivity contribution in [2.75, 3.05) is 31.2 Å². The molecule has 3 aromatic rings. The van der Waals surface area contributed by atoms with Crippen molar-refractivity contribution in [1.29, 1.82) is 0 Å². The van der Waals surface area contributed by atoms with E-state index in [-0.39, 0.29) is 5.91 Å². The minimum Gasteiger partial charge on any atom is -0.378 e. The largest absolute Gasteiger partial charge is 0.378 e. The fourth-order valence-electron chi connectivity index (χ4n) is 3.19. The quantitative estimate of drug-likeness (QED) is 0.686. The van der Waals surface area contributed by atoms with Gasteiger partial charge in [-0.2, -0.15) is 0 Å². The molecular weight excluding hydrogens is 352 g/mol. The minimum absolute atomic E-state index is 0.100. The summed E-state index contributed by atoms with van der Waals surface area (Å²) in [5.41, 5.74) is 2.55. The van der Waals surface area contributed by atoms with Gasteiger partial charge in [0, 0.05) is 25.3 Å². The third-order valence-corrected chi connectivity index (χ3v) is 4.70. The van der Waals surface area contributed by atoms with Gasteiger partial charge in [-0.25, -0.2) is 0 Å². The van der Waals surface area contributed by atoms with Crippen LogP contribution in [0.15, 0.2) is 72.8 Å². The molecule has 0 spiro atoms. The van der Waals surface area contributed by atoms with Crippen molar-refractivity contribution in [3.8, 4) is 0 Å². The molecule has 6 heteroatoms. The number of carbonyl (C=O) groups is 1. The number of para-hydroxylation sites is 1. The first-order valence-electron chi connectivity index (χ1n) is 9.38. The van der Waals surface area contributed by atoms with Crippen molar-refractivity contribution in [2.24, 2.45) is 0 Å². The molecule has 0 saturated carbocycles. The predicted molar refractivity (Wildman–Crippen MR) is 107 cm³/mol. The highest BCUT2D eigenvalue weighted by Crippen LogP contribution is 2.25. The third-order valence-electron chi connectivity index (χ3n) is 4.70. The Labute approximate surface area is 164 Å². The highest BCUT2D eigenvalue weighted by Gasteiger charge is 2.21. The number of morpholine rings is 1. The Morgan fingerprint density at radius 3 is 2.21 bits per heavy atom. The molecule has 142 valence electrons. The lowest BCUT2D eigenvalue weighted by molar-refractivity contribution is 0.0298. The molecule has 0 unspecified atom stereocenters. The second-order valence-electron chi connectivity index (χ2n) is 6.59. The molecule has 1 aliphatic heterocycles. The monoisotopic (exact) mass is 374 g/mol. The van der Waals surface area contributed by atoms with Gasteiger partial charge in [-0.3, -0.25) is 4.79 Å². The molecule has 6 nitrogen and oxygen atoms in total. The molecular formula is C22H22N4O2. The van der Waals surface area contributed by atoms with Crippen LogP contribution in [0.1, 0.15) is 16.1 Å². The van der Waals surface area contributed by atoms with E-state index in [0.717, 1.165) is 5.69 Å². The Balaban J connectivity index is 1.58. The summed E-state index contributed by atoms with van der Waals surface area (Å²) in [7, 11) is 0. The van der Waals surface area contributed by atoms with E-state index in [4.69, 9.17) is 4.74 Å². The van der Waals surface area contributed by atoms with Crippen LogP contribution in [-0.4, -0.2) is 47.3 Å². The molecule has 2 aromatic carbocycles. The molecule has 4 rings (SSSR count). The number of anilines is 2. The second-order valence-corrected chi connectivity index (χ2v) is 6.59. The van der Waals surface area contributed by atoms with Crippen LogP contribution in [0.5, 0.6) is 0 Å². The van der Waals surface area contributed by atoms with Gasteiger partial charge >= 0.3 is 0 Å². The highest BCUT2D eigenvalue weighted by molar-refractivity contribution is 5.92. The molecule has 28 heavy (non-hydrogen) atoms. The van der Waals surface area contributed by atoms with Crippen LogP contribution in [0.3, 0.4) is 0 Å². The van der Waals surface area contributed by atoms with E-state index in [9.17, 15) is 4.79 Å². The van der Waals surface area contributed by atoms with E-state index in [2.05, 4.69) is 27.2 Å². The maximum atomic E-state index is 12.6. The molecule has 0 N–H and O–H groups in total. The summed E-state index contributed by atoms with van der Waals surface area (Å²) >= 11 is 0. The number of aromatic nitrogens is 2. The summed E-state index contributed by atoms with van der Waals surface area (Å²) in [6.45, 7) is 2.97. The zero-order valence-electron chi connectivity index (χ0n) is 15.6. The van der Waals surface area contributed by atoms with E-state index in [1.54, 1.807) is 11.0 Å². The van der Waals surface area contributed by atoms with Gasteiger partial charge in [-0.1, -0.05) is 48.5 Å². The number of hydrogen-bond acceptors (Lipinski definition) is 5. The summed E-state index contributed by atoms with van der Waals surface area (Å²) in [6.07, 6.45) is 0. The first-order valence-corrected chi connectivity index (χ1v) is 9.38. The number of hydrogen-bond donors (Lipinski definition) is 0. The van der Waals surface area contributed by atoms with Crippen molar-refractivity contribution >= 4 is 17.4 Å². The average molecular weight is 374 g/mol. The number of nitrogens with zero attached hydrogens (tertiary/aromatic N) is 4. The van der Waals surface area contributed by atoms with E-state index in [1.165, 1.54) is 5.56 Å². The highest BCUT2D eigenvalue weighted by atomic mass is 16.5. The molecule has 2 heterocycles. The molecule has 0 radical (unpaired) electrons. The van der Waals surface area contributed by atoms with E-state index < -0.39 is 0 Å². The van der Waals surface area contributed by atoms with Crippen LogP contribution in [0.2, 0.25) is 0 Å². The lowest BCUT2D eigenvalue weighted by Gasteiger charge is -2.27. The van der Waals surface area contributed by atoms with Crippen LogP contribution >= 0.6 is 0 Å². The maximum Gasteiger partial charge on any atom is 0.274 e. The summed E-state index contributed by atoms with van der Waals surface area (Å²) in [5, 5.41) is 8.58. The SMILES string of the molecule is O=C(c1ccc(N(Cc2ccccc2)c2ccccc2)nn1)N1CCOCC1. The predicted octanol–water partition coefficient (Wildman–Crippen LogP) is 3.29. The van der Waals surface area contributed by atoms with Crippen LogP contribution in [-0.2, 0) is 11.3 Å². The van der Waals surface area contributed by atoms with Gasteiger partial charge in [-0.15, -0.1) is 10.2 Å². The molecule has 0 bridgehead atoms. The van der Waals surface area contributed by atoms with Gasteiger partial charge in [0.05, 0.1) is 13.2 Å². The van der Waals surface area contributed by atoms with Crippen LogP contribution in [0.4, 0.5) is 11.5 Å².